The number of nitrogens with zero attached hydrogens (tertiary/aromatic N) is 1. The van der Waals surface area contributed by atoms with E-state index in [0.717, 1.165) is 18.0 Å². The van der Waals surface area contributed by atoms with Crippen LogP contribution in [0.2, 0.25) is 0 Å². The minimum absolute atomic E-state index is 0.734. The van der Waals surface area contributed by atoms with Crippen molar-refractivity contribution in [2.45, 2.75) is 124 Å². The van der Waals surface area contributed by atoms with Crippen LogP contribution in [0.5, 0.6) is 0 Å². The fourth-order valence-electron chi connectivity index (χ4n) is 3.54. The van der Waals surface area contributed by atoms with Gasteiger partial charge in [0.05, 0.1) is 0 Å². The van der Waals surface area contributed by atoms with Crippen molar-refractivity contribution >= 4 is 0 Å². The fourth-order valence-corrected chi connectivity index (χ4v) is 3.54. The zero-order valence-corrected chi connectivity index (χ0v) is 16.7. The Hall–Kier alpha value is -0.0400. The van der Waals surface area contributed by atoms with E-state index in [1.165, 1.54) is 77.2 Å². The molecule has 0 spiro atoms. The first kappa shape index (κ1) is 22.0. The first-order valence-electron chi connectivity index (χ1n) is 10.3. The molecule has 0 N–H and O–H groups in total. The van der Waals surface area contributed by atoms with Gasteiger partial charge < -0.3 is 0 Å². The molecule has 0 radical (unpaired) electrons. The largest absolute Gasteiger partial charge is 0.298 e. The molecule has 134 valence electrons. The molecular formula is C21H45N. The second-order valence-corrected chi connectivity index (χ2v) is 7.76. The predicted molar refractivity (Wildman–Crippen MR) is 103 cm³/mol. The van der Waals surface area contributed by atoms with Gasteiger partial charge in [0.1, 0.15) is 0 Å². The van der Waals surface area contributed by atoms with Crippen molar-refractivity contribution in [2.24, 2.45) is 5.92 Å². The molecule has 1 atom stereocenters. The third-order valence-electron chi connectivity index (χ3n) is 4.98. The van der Waals surface area contributed by atoms with Crippen molar-refractivity contribution in [3.63, 3.8) is 0 Å². The monoisotopic (exact) mass is 311 g/mol. The summed E-state index contributed by atoms with van der Waals surface area (Å²) in [7, 11) is 0. The molecule has 0 amide bonds. The molecule has 1 rings (SSSR count). The van der Waals surface area contributed by atoms with E-state index in [1.54, 1.807) is 0 Å². The highest BCUT2D eigenvalue weighted by Gasteiger charge is 2.26. The molecule has 0 aromatic heterocycles. The van der Waals surface area contributed by atoms with E-state index >= 15 is 0 Å². The van der Waals surface area contributed by atoms with E-state index in [-0.39, 0.29) is 0 Å². The first-order valence-corrected chi connectivity index (χ1v) is 10.3. The molecule has 0 saturated carbocycles. The van der Waals surface area contributed by atoms with Gasteiger partial charge in [0.15, 0.2) is 0 Å². The normalized spacial score (nSPS) is 19.4. The maximum Gasteiger partial charge on any atom is 0.0121 e. The van der Waals surface area contributed by atoms with E-state index in [4.69, 9.17) is 0 Å². The second-order valence-electron chi connectivity index (χ2n) is 7.76. The summed E-state index contributed by atoms with van der Waals surface area (Å²) in [6.45, 7) is 15.2. The Balaban J connectivity index is 0.000000409. The van der Waals surface area contributed by atoms with Gasteiger partial charge in [-0.1, -0.05) is 85.5 Å². The van der Waals surface area contributed by atoms with Crippen LogP contribution < -0.4 is 0 Å². The summed E-state index contributed by atoms with van der Waals surface area (Å²) in [4.78, 5) is 2.67. The van der Waals surface area contributed by atoms with Crippen LogP contribution in [-0.2, 0) is 0 Å². The maximum atomic E-state index is 2.67. The Morgan fingerprint density at radius 1 is 0.773 bits per heavy atom. The summed E-state index contributed by atoms with van der Waals surface area (Å²) in [6.07, 6.45) is 15.7. The average Bonchev–Trinajstić information content (AvgIpc) is 2.51. The molecule has 1 aliphatic heterocycles. The molecule has 0 aromatic carbocycles. The smallest absolute Gasteiger partial charge is 0.0121 e. The molecular weight excluding hydrogens is 266 g/mol. The van der Waals surface area contributed by atoms with Gasteiger partial charge in [-0.2, -0.15) is 0 Å². The Morgan fingerprint density at radius 2 is 1.27 bits per heavy atom. The third-order valence-corrected chi connectivity index (χ3v) is 4.98. The molecule has 1 fully saturated rings. The van der Waals surface area contributed by atoms with Crippen molar-refractivity contribution in [1.29, 1.82) is 0 Å². The Kier molecular flexibility index (Phi) is 14.5. The van der Waals surface area contributed by atoms with Gasteiger partial charge in [-0.15, -0.1) is 0 Å². The topological polar surface area (TPSA) is 3.24 Å². The number of hydrogen-bond acceptors (Lipinski definition) is 1. The van der Waals surface area contributed by atoms with Crippen LogP contribution in [0.3, 0.4) is 0 Å². The van der Waals surface area contributed by atoms with Crippen LogP contribution in [-0.4, -0.2) is 23.5 Å². The van der Waals surface area contributed by atoms with Crippen molar-refractivity contribution in [2.75, 3.05) is 6.54 Å². The van der Waals surface area contributed by atoms with Crippen LogP contribution in [0.4, 0.5) is 0 Å². The van der Waals surface area contributed by atoms with Gasteiger partial charge in [0, 0.05) is 12.1 Å². The standard InChI is InChI=1S/C11H23N.C10H22/c1-9(2)11-7-5-6-8-12(11)10(3)4;1-3-5-7-9-10-8-6-4-2/h9-11H,5-8H2,1-4H3;3-10H2,1-2H3. The zero-order valence-electron chi connectivity index (χ0n) is 16.7. The molecule has 1 saturated heterocycles. The minimum Gasteiger partial charge on any atom is -0.298 e. The van der Waals surface area contributed by atoms with E-state index < -0.39 is 0 Å². The van der Waals surface area contributed by atoms with Crippen LogP contribution >= 0.6 is 0 Å². The third kappa shape index (κ3) is 10.6. The lowest BCUT2D eigenvalue weighted by atomic mass is 9.92. The van der Waals surface area contributed by atoms with Gasteiger partial charge in [-0.3, -0.25) is 4.90 Å². The average molecular weight is 312 g/mol. The second kappa shape index (κ2) is 14.5. The number of rotatable bonds is 9. The van der Waals surface area contributed by atoms with Crippen molar-refractivity contribution in [1.82, 2.24) is 4.90 Å². The molecule has 0 aromatic rings. The number of likely N-dealkylation sites (tertiary alicyclic amines) is 1. The van der Waals surface area contributed by atoms with Crippen molar-refractivity contribution in [3.05, 3.63) is 0 Å². The number of hydrogen-bond donors (Lipinski definition) is 0. The molecule has 0 bridgehead atoms. The Morgan fingerprint density at radius 3 is 1.64 bits per heavy atom. The zero-order chi connectivity index (χ0) is 16.8. The SMILES string of the molecule is CC(C)C1CCCCN1C(C)C.CCCCCCCCCC. The molecule has 1 aliphatic rings. The lowest BCUT2D eigenvalue weighted by Crippen LogP contribution is -2.46. The Bertz CT molecular complexity index is 198. The summed E-state index contributed by atoms with van der Waals surface area (Å²) in [5.74, 6) is 0.827. The molecule has 1 unspecified atom stereocenters. The van der Waals surface area contributed by atoms with Crippen LogP contribution in [0.25, 0.3) is 0 Å². The van der Waals surface area contributed by atoms with Crippen molar-refractivity contribution in [3.8, 4) is 0 Å². The highest BCUT2D eigenvalue weighted by atomic mass is 15.2. The minimum atomic E-state index is 0.734. The quantitative estimate of drug-likeness (QED) is 0.412. The number of unbranched alkanes of at least 4 members (excludes halogenated alkanes) is 7. The summed E-state index contributed by atoms with van der Waals surface area (Å²) < 4.78 is 0. The lowest BCUT2D eigenvalue weighted by molar-refractivity contribution is 0.0808. The predicted octanol–water partition coefficient (Wildman–Crippen LogP) is 7.05. The summed E-state index contributed by atoms with van der Waals surface area (Å²) >= 11 is 0. The van der Waals surface area contributed by atoms with E-state index in [0.29, 0.717) is 0 Å². The molecule has 22 heavy (non-hydrogen) atoms. The maximum absolute atomic E-state index is 2.67. The Labute approximate surface area is 142 Å². The van der Waals surface area contributed by atoms with Crippen molar-refractivity contribution < 1.29 is 0 Å². The molecule has 1 nitrogen and oxygen atoms in total. The highest BCUT2D eigenvalue weighted by molar-refractivity contribution is 4.81. The van der Waals surface area contributed by atoms with Gasteiger partial charge in [-0.05, 0) is 39.2 Å². The van der Waals surface area contributed by atoms with Crippen LogP contribution in [0.15, 0.2) is 0 Å². The summed E-state index contributed by atoms with van der Waals surface area (Å²) in [6, 6.07) is 1.58. The summed E-state index contributed by atoms with van der Waals surface area (Å²) in [5, 5.41) is 0. The number of piperidine rings is 1. The van der Waals surface area contributed by atoms with Gasteiger partial charge in [0.2, 0.25) is 0 Å². The van der Waals surface area contributed by atoms with Crippen LogP contribution in [0.1, 0.15) is 112 Å². The molecule has 0 aliphatic carbocycles. The molecule has 1 heterocycles. The fraction of sp³-hybridized carbons (Fsp3) is 1.00. The van der Waals surface area contributed by atoms with Gasteiger partial charge in [0.25, 0.3) is 0 Å². The highest BCUT2D eigenvalue weighted by Crippen LogP contribution is 2.24. The van der Waals surface area contributed by atoms with E-state index in [1.807, 2.05) is 0 Å². The van der Waals surface area contributed by atoms with Crippen LogP contribution in [0, 0.1) is 5.92 Å². The van der Waals surface area contributed by atoms with Gasteiger partial charge >= 0.3 is 0 Å². The summed E-state index contributed by atoms with van der Waals surface area (Å²) in [5.41, 5.74) is 0. The molecule has 1 heteroatoms. The lowest BCUT2D eigenvalue weighted by Gasteiger charge is -2.40. The van der Waals surface area contributed by atoms with E-state index in [9.17, 15) is 0 Å². The first-order chi connectivity index (χ1) is 10.5. The van der Waals surface area contributed by atoms with Gasteiger partial charge in [-0.25, -0.2) is 0 Å². The van der Waals surface area contributed by atoms with E-state index in [2.05, 4.69) is 46.4 Å².